The second kappa shape index (κ2) is 6.06. The summed E-state index contributed by atoms with van der Waals surface area (Å²) in [6.07, 6.45) is 3.22. The van der Waals surface area contributed by atoms with Crippen LogP contribution in [0.2, 0.25) is 5.02 Å². The molecule has 0 spiro atoms. The van der Waals surface area contributed by atoms with Crippen molar-refractivity contribution in [3.63, 3.8) is 0 Å². The molecule has 0 amide bonds. The smallest absolute Gasteiger partial charge is 0.126 e. The molecule has 1 aromatic heterocycles. The third-order valence-corrected chi connectivity index (χ3v) is 3.13. The molecule has 2 rings (SSSR count). The van der Waals surface area contributed by atoms with Crippen LogP contribution in [0, 0.1) is 11.6 Å². The Kier molecular flexibility index (Phi) is 4.42. The minimum absolute atomic E-state index is 0.184. The molecule has 0 aliphatic carbocycles. The van der Waals surface area contributed by atoms with Crippen molar-refractivity contribution in [3.05, 3.63) is 64.4 Å². The van der Waals surface area contributed by atoms with Crippen LogP contribution in [0.3, 0.4) is 0 Å². The van der Waals surface area contributed by atoms with Gasteiger partial charge in [0, 0.05) is 12.4 Å². The summed E-state index contributed by atoms with van der Waals surface area (Å²) in [7, 11) is 0. The van der Waals surface area contributed by atoms with Crippen molar-refractivity contribution >= 4 is 11.6 Å². The number of hydrogen-bond acceptors (Lipinski definition) is 3. The first kappa shape index (κ1) is 13.9. The average molecular weight is 284 g/mol. The summed E-state index contributed by atoms with van der Waals surface area (Å²) < 4.78 is 26.7. The molecule has 1 unspecified atom stereocenters. The molecular weight excluding hydrogens is 272 g/mol. The highest BCUT2D eigenvalue weighted by atomic mass is 35.5. The maximum atomic E-state index is 13.6. The fraction of sp³-hybridized carbons (Fsp3) is 0.154. The van der Waals surface area contributed by atoms with Gasteiger partial charge in [0.05, 0.1) is 11.1 Å². The zero-order chi connectivity index (χ0) is 13.8. The monoisotopic (exact) mass is 283 g/mol. The molecule has 19 heavy (non-hydrogen) atoms. The lowest BCUT2D eigenvalue weighted by Crippen LogP contribution is -2.30. The molecule has 1 aromatic carbocycles. The van der Waals surface area contributed by atoms with Crippen LogP contribution >= 0.6 is 11.6 Å². The third-order valence-electron chi connectivity index (χ3n) is 2.81. The normalized spacial score (nSPS) is 12.4. The van der Waals surface area contributed by atoms with Crippen LogP contribution < -0.4 is 11.3 Å². The molecule has 100 valence electrons. The van der Waals surface area contributed by atoms with E-state index in [2.05, 4.69) is 10.4 Å². The Labute approximate surface area is 114 Å². The van der Waals surface area contributed by atoms with Gasteiger partial charge < -0.3 is 0 Å². The van der Waals surface area contributed by atoms with Gasteiger partial charge in [-0.05, 0) is 41.8 Å². The van der Waals surface area contributed by atoms with Crippen LogP contribution in [0.1, 0.15) is 17.2 Å². The maximum absolute atomic E-state index is 13.6. The third kappa shape index (κ3) is 3.26. The van der Waals surface area contributed by atoms with Gasteiger partial charge in [-0.25, -0.2) is 8.78 Å². The molecule has 3 nitrogen and oxygen atoms in total. The van der Waals surface area contributed by atoms with E-state index in [1.165, 1.54) is 6.20 Å². The Morgan fingerprint density at radius 2 is 2.11 bits per heavy atom. The molecule has 6 heteroatoms. The Balaban J connectivity index is 2.29. The van der Waals surface area contributed by atoms with E-state index >= 15 is 0 Å². The van der Waals surface area contributed by atoms with Gasteiger partial charge in [0.15, 0.2) is 0 Å². The summed E-state index contributed by atoms with van der Waals surface area (Å²) in [6, 6.07) is 4.57. The summed E-state index contributed by atoms with van der Waals surface area (Å²) >= 11 is 6.01. The quantitative estimate of drug-likeness (QED) is 0.670. The second-order valence-corrected chi connectivity index (χ2v) is 4.46. The SMILES string of the molecule is NNC(Cc1cc(F)ccc1F)c1ccncc1Cl. The Bertz CT molecular complexity index is 578. The fourth-order valence-corrected chi connectivity index (χ4v) is 2.10. The fourth-order valence-electron chi connectivity index (χ4n) is 1.85. The lowest BCUT2D eigenvalue weighted by Gasteiger charge is -2.17. The summed E-state index contributed by atoms with van der Waals surface area (Å²) in [6.45, 7) is 0. The van der Waals surface area contributed by atoms with Crippen LogP contribution in [-0.4, -0.2) is 4.98 Å². The number of nitrogens with zero attached hydrogens (tertiary/aromatic N) is 1. The van der Waals surface area contributed by atoms with Crippen LogP contribution in [0.25, 0.3) is 0 Å². The van der Waals surface area contributed by atoms with Gasteiger partial charge in [-0.15, -0.1) is 0 Å². The van der Waals surface area contributed by atoms with Crippen molar-refractivity contribution in [2.75, 3.05) is 0 Å². The van der Waals surface area contributed by atoms with Crippen LogP contribution in [0.4, 0.5) is 8.78 Å². The van der Waals surface area contributed by atoms with E-state index in [1.54, 1.807) is 12.3 Å². The maximum Gasteiger partial charge on any atom is 0.126 e. The number of pyridine rings is 1. The first-order valence-corrected chi connectivity index (χ1v) is 5.99. The summed E-state index contributed by atoms with van der Waals surface area (Å²) in [4.78, 5) is 3.87. The van der Waals surface area contributed by atoms with E-state index in [0.29, 0.717) is 10.6 Å². The number of rotatable bonds is 4. The highest BCUT2D eigenvalue weighted by Crippen LogP contribution is 2.25. The zero-order valence-electron chi connectivity index (χ0n) is 9.91. The Morgan fingerprint density at radius 1 is 1.32 bits per heavy atom. The highest BCUT2D eigenvalue weighted by molar-refractivity contribution is 6.31. The average Bonchev–Trinajstić information content (AvgIpc) is 2.41. The molecule has 1 atom stereocenters. The topological polar surface area (TPSA) is 50.9 Å². The molecule has 0 bridgehead atoms. The van der Waals surface area contributed by atoms with E-state index in [4.69, 9.17) is 17.4 Å². The van der Waals surface area contributed by atoms with Crippen molar-refractivity contribution < 1.29 is 8.78 Å². The number of nitrogens with two attached hydrogens (primary N) is 1. The minimum Gasteiger partial charge on any atom is -0.271 e. The number of hydrazine groups is 1. The largest absolute Gasteiger partial charge is 0.271 e. The van der Waals surface area contributed by atoms with E-state index in [0.717, 1.165) is 18.2 Å². The standard InChI is InChI=1S/C13H12ClF2N3/c14-11-7-18-4-3-10(11)13(19-17)6-8-5-9(15)1-2-12(8)16/h1-5,7,13,19H,6,17H2. The summed E-state index contributed by atoms with van der Waals surface area (Å²) in [5, 5.41) is 0.419. The number of aromatic nitrogens is 1. The van der Waals surface area contributed by atoms with Crippen molar-refractivity contribution in [2.45, 2.75) is 12.5 Å². The molecule has 0 aliphatic heterocycles. The molecule has 1 heterocycles. The van der Waals surface area contributed by atoms with Crippen LogP contribution in [0.5, 0.6) is 0 Å². The van der Waals surface area contributed by atoms with Gasteiger partial charge in [-0.1, -0.05) is 11.6 Å². The molecule has 0 aliphatic rings. The lowest BCUT2D eigenvalue weighted by molar-refractivity contribution is 0.522. The molecule has 2 aromatic rings. The van der Waals surface area contributed by atoms with Gasteiger partial charge in [-0.2, -0.15) is 0 Å². The van der Waals surface area contributed by atoms with Gasteiger partial charge in [0.2, 0.25) is 0 Å². The molecular formula is C13H12ClF2N3. The van der Waals surface area contributed by atoms with Gasteiger partial charge in [0.25, 0.3) is 0 Å². The first-order chi connectivity index (χ1) is 9.11. The van der Waals surface area contributed by atoms with Crippen molar-refractivity contribution in [1.82, 2.24) is 10.4 Å². The van der Waals surface area contributed by atoms with E-state index in [-0.39, 0.29) is 12.0 Å². The van der Waals surface area contributed by atoms with Gasteiger partial charge >= 0.3 is 0 Å². The molecule has 0 saturated heterocycles. The Morgan fingerprint density at radius 3 is 2.79 bits per heavy atom. The molecule has 3 N–H and O–H groups in total. The summed E-state index contributed by atoms with van der Waals surface area (Å²) in [5.41, 5.74) is 3.47. The minimum atomic E-state index is -0.493. The second-order valence-electron chi connectivity index (χ2n) is 4.06. The van der Waals surface area contributed by atoms with Crippen LogP contribution in [-0.2, 0) is 6.42 Å². The zero-order valence-corrected chi connectivity index (χ0v) is 10.7. The van der Waals surface area contributed by atoms with Crippen molar-refractivity contribution in [2.24, 2.45) is 5.84 Å². The van der Waals surface area contributed by atoms with Crippen molar-refractivity contribution in [3.8, 4) is 0 Å². The van der Waals surface area contributed by atoms with Crippen molar-refractivity contribution in [1.29, 1.82) is 0 Å². The van der Waals surface area contributed by atoms with Gasteiger partial charge in [-0.3, -0.25) is 16.3 Å². The Hall–Kier alpha value is -1.56. The number of halogens is 3. The predicted octanol–water partition coefficient (Wildman–Crippen LogP) is 2.76. The molecule has 0 radical (unpaired) electrons. The predicted molar refractivity (Wildman–Crippen MR) is 69.4 cm³/mol. The van der Waals surface area contributed by atoms with E-state index < -0.39 is 17.7 Å². The van der Waals surface area contributed by atoms with E-state index in [1.807, 2.05) is 0 Å². The van der Waals surface area contributed by atoms with E-state index in [9.17, 15) is 8.78 Å². The number of nitrogens with one attached hydrogen (secondary N) is 1. The van der Waals surface area contributed by atoms with Gasteiger partial charge in [0.1, 0.15) is 11.6 Å². The molecule has 0 fully saturated rings. The lowest BCUT2D eigenvalue weighted by atomic mass is 10.00. The highest BCUT2D eigenvalue weighted by Gasteiger charge is 2.16. The molecule has 0 saturated carbocycles. The first-order valence-electron chi connectivity index (χ1n) is 5.61. The number of benzene rings is 1. The summed E-state index contributed by atoms with van der Waals surface area (Å²) in [5.74, 6) is 4.49. The number of hydrogen-bond donors (Lipinski definition) is 2. The van der Waals surface area contributed by atoms with Crippen LogP contribution in [0.15, 0.2) is 36.7 Å².